The van der Waals surface area contributed by atoms with E-state index in [0.29, 0.717) is 0 Å². The number of hydrogen-bond donors (Lipinski definition) is 1. The van der Waals surface area contributed by atoms with Crippen molar-refractivity contribution >= 4 is 17.4 Å². The van der Waals surface area contributed by atoms with Crippen LogP contribution in [0, 0.1) is 6.92 Å². The zero-order chi connectivity index (χ0) is 12.3. The van der Waals surface area contributed by atoms with E-state index in [4.69, 9.17) is 5.73 Å². The number of hydrogen-bond acceptors (Lipinski definition) is 3. The van der Waals surface area contributed by atoms with Gasteiger partial charge < -0.3 is 10.3 Å². The second kappa shape index (κ2) is 5.27. The monoisotopic (exact) mass is 247 g/mol. The summed E-state index contributed by atoms with van der Waals surface area (Å²) in [6.45, 7) is 5.13. The van der Waals surface area contributed by atoms with E-state index in [1.54, 1.807) is 0 Å². The SMILES string of the molecule is CCn1cncc1CSc1ccc(N)c(C)c1. The van der Waals surface area contributed by atoms with Crippen LogP contribution in [0.1, 0.15) is 18.2 Å². The molecule has 0 aliphatic heterocycles. The molecule has 17 heavy (non-hydrogen) atoms. The van der Waals surface area contributed by atoms with Crippen LogP contribution in [0.25, 0.3) is 0 Å². The zero-order valence-electron chi connectivity index (χ0n) is 10.2. The molecule has 0 aliphatic carbocycles. The van der Waals surface area contributed by atoms with Crippen molar-refractivity contribution in [3.8, 4) is 0 Å². The van der Waals surface area contributed by atoms with E-state index < -0.39 is 0 Å². The summed E-state index contributed by atoms with van der Waals surface area (Å²) in [6, 6.07) is 6.17. The van der Waals surface area contributed by atoms with Crippen molar-refractivity contribution in [2.24, 2.45) is 0 Å². The molecule has 0 radical (unpaired) electrons. The van der Waals surface area contributed by atoms with Crippen LogP contribution in [-0.4, -0.2) is 9.55 Å². The summed E-state index contributed by atoms with van der Waals surface area (Å²) in [6.07, 6.45) is 3.81. The Labute approximate surface area is 106 Å². The Hall–Kier alpha value is -1.42. The molecule has 1 aromatic carbocycles. The highest BCUT2D eigenvalue weighted by Crippen LogP contribution is 2.25. The molecule has 0 bridgehead atoms. The van der Waals surface area contributed by atoms with Gasteiger partial charge in [0.05, 0.1) is 6.33 Å². The van der Waals surface area contributed by atoms with E-state index in [9.17, 15) is 0 Å². The van der Waals surface area contributed by atoms with Crippen LogP contribution in [0.2, 0.25) is 0 Å². The molecular formula is C13H17N3S. The van der Waals surface area contributed by atoms with Gasteiger partial charge in [-0.25, -0.2) is 4.98 Å². The molecule has 1 aromatic heterocycles. The summed E-state index contributed by atoms with van der Waals surface area (Å²) in [5.74, 6) is 0.942. The van der Waals surface area contributed by atoms with Gasteiger partial charge in [-0.15, -0.1) is 11.8 Å². The Bertz CT molecular complexity index is 505. The summed E-state index contributed by atoms with van der Waals surface area (Å²) in [4.78, 5) is 5.42. The Balaban J connectivity index is 2.05. The predicted octanol–water partition coefficient (Wildman–Crippen LogP) is 3.09. The first kappa shape index (κ1) is 12.0. The number of benzene rings is 1. The van der Waals surface area contributed by atoms with Gasteiger partial charge in [-0.3, -0.25) is 0 Å². The van der Waals surface area contributed by atoms with Crippen LogP contribution in [0.15, 0.2) is 35.6 Å². The maximum Gasteiger partial charge on any atom is 0.0948 e. The average molecular weight is 247 g/mol. The second-order valence-corrected chi connectivity index (χ2v) is 5.03. The molecule has 0 amide bonds. The van der Waals surface area contributed by atoms with E-state index >= 15 is 0 Å². The third-order valence-electron chi connectivity index (χ3n) is 2.77. The molecule has 0 spiro atoms. The van der Waals surface area contributed by atoms with Crippen LogP contribution < -0.4 is 5.73 Å². The lowest BCUT2D eigenvalue weighted by molar-refractivity contribution is 0.734. The molecule has 2 aromatic rings. The molecule has 0 fully saturated rings. The highest BCUT2D eigenvalue weighted by atomic mass is 32.2. The molecule has 0 saturated heterocycles. The summed E-state index contributed by atoms with van der Waals surface area (Å²) in [5.41, 5.74) is 9.05. The van der Waals surface area contributed by atoms with Gasteiger partial charge in [-0.2, -0.15) is 0 Å². The smallest absolute Gasteiger partial charge is 0.0948 e. The Morgan fingerprint density at radius 3 is 2.94 bits per heavy atom. The first-order valence-corrected chi connectivity index (χ1v) is 6.67. The normalized spacial score (nSPS) is 10.7. The van der Waals surface area contributed by atoms with Crippen LogP contribution >= 0.6 is 11.8 Å². The van der Waals surface area contributed by atoms with Crippen molar-refractivity contribution in [2.75, 3.05) is 5.73 Å². The number of nitrogens with two attached hydrogens (primary N) is 1. The van der Waals surface area contributed by atoms with Crippen LogP contribution in [0.4, 0.5) is 5.69 Å². The highest BCUT2D eigenvalue weighted by molar-refractivity contribution is 7.98. The molecule has 2 N–H and O–H groups in total. The Morgan fingerprint density at radius 2 is 2.24 bits per heavy atom. The standard InChI is InChI=1S/C13H17N3S/c1-3-16-9-15-7-11(16)8-17-12-4-5-13(14)10(2)6-12/h4-7,9H,3,8,14H2,1-2H3. The van der Waals surface area contributed by atoms with E-state index in [1.807, 2.05) is 37.3 Å². The molecule has 0 atom stereocenters. The van der Waals surface area contributed by atoms with Gasteiger partial charge in [0, 0.05) is 34.8 Å². The molecular weight excluding hydrogens is 230 g/mol. The van der Waals surface area contributed by atoms with E-state index in [-0.39, 0.29) is 0 Å². The van der Waals surface area contributed by atoms with Crippen molar-refractivity contribution < 1.29 is 0 Å². The van der Waals surface area contributed by atoms with Gasteiger partial charge >= 0.3 is 0 Å². The number of imidazole rings is 1. The number of anilines is 1. The fourth-order valence-electron chi connectivity index (χ4n) is 1.65. The van der Waals surface area contributed by atoms with Crippen molar-refractivity contribution in [1.29, 1.82) is 0 Å². The first-order valence-electron chi connectivity index (χ1n) is 5.68. The largest absolute Gasteiger partial charge is 0.399 e. The lowest BCUT2D eigenvalue weighted by Gasteiger charge is -2.06. The van der Waals surface area contributed by atoms with Gasteiger partial charge in [0.15, 0.2) is 0 Å². The maximum atomic E-state index is 5.80. The van der Waals surface area contributed by atoms with Crippen molar-refractivity contribution in [3.05, 3.63) is 42.0 Å². The van der Waals surface area contributed by atoms with Crippen LogP contribution in [0.3, 0.4) is 0 Å². The number of rotatable bonds is 4. The Kier molecular flexibility index (Phi) is 3.74. The minimum Gasteiger partial charge on any atom is -0.399 e. The number of nitrogens with zero attached hydrogens (tertiary/aromatic N) is 2. The molecule has 90 valence electrons. The third-order valence-corrected chi connectivity index (χ3v) is 3.79. The summed E-state index contributed by atoms with van der Waals surface area (Å²) < 4.78 is 2.16. The first-order chi connectivity index (χ1) is 8.20. The number of thioether (sulfide) groups is 1. The maximum absolute atomic E-state index is 5.80. The van der Waals surface area contributed by atoms with E-state index in [0.717, 1.165) is 23.5 Å². The fraction of sp³-hybridized carbons (Fsp3) is 0.308. The minimum atomic E-state index is 0.855. The van der Waals surface area contributed by atoms with Gasteiger partial charge in [0.25, 0.3) is 0 Å². The van der Waals surface area contributed by atoms with Gasteiger partial charge in [-0.05, 0) is 37.6 Å². The lowest BCUT2D eigenvalue weighted by atomic mass is 10.2. The summed E-state index contributed by atoms with van der Waals surface area (Å²) in [5, 5.41) is 0. The highest BCUT2D eigenvalue weighted by Gasteiger charge is 2.02. The van der Waals surface area contributed by atoms with Crippen LogP contribution in [-0.2, 0) is 12.3 Å². The van der Waals surface area contributed by atoms with Crippen LogP contribution in [0.5, 0.6) is 0 Å². The Morgan fingerprint density at radius 1 is 1.41 bits per heavy atom. The van der Waals surface area contributed by atoms with Gasteiger partial charge in [0.1, 0.15) is 0 Å². The molecule has 3 nitrogen and oxygen atoms in total. The minimum absolute atomic E-state index is 0.855. The fourth-order valence-corrected chi connectivity index (χ4v) is 2.63. The average Bonchev–Trinajstić information content (AvgIpc) is 2.78. The van der Waals surface area contributed by atoms with Crippen molar-refractivity contribution in [1.82, 2.24) is 9.55 Å². The van der Waals surface area contributed by atoms with Gasteiger partial charge in [0.2, 0.25) is 0 Å². The number of nitrogen functional groups attached to an aromatic ring is 1. The molecule has 0 unspecified atom stereocenters. The third kappa shape index (κ3) is 2.82. The van der Waals surface area contributed by atoms with Crippen molar-refractivity contribution in [3.63, 3.8) is 0 Å². The quantitative estimate of drug-likeness (QED) is 0.667. The predicted molar refractivity (Wildman–Crippen MR) is 73.1 cm³/mol. The lowest BCUT2D eigenvalue weighted by Crippen LogP contribution is -1.97. The molecule has 0 saturated carbocycles. The number of aromatic nitrogens is 2. The molecule has 2 rings (SSSR count). The zero-order valence-corrected chi connectivity index (χ0v) is 11.0. The molecule has 0 aliphatic rings. The summed E-state index contributed by atoms with van der Waals surface area (Å²) in [7, 11) is 0. The van der Waals surface area contributed by atoms with Gasteiger partial charge in [-0.1, -0.05) is 0 Å². The molecule has 1 heterocycles. The topological polar surface area (TPSA) is 43.8 Å². The second-order valence-electron chi connectivity index (χ2n) is 3.98. The van der Waals surface area contributed by atoms with E-state index in [1.165, 1.54) is 10.6 Å². The van der Waals surface area contributed by atoms with Crippen molar-refractivity contribution in [2.45, 2.75) is 31.0 Å². The van der Waals surface area contributed by atoms with E-state index in [2.05, 4.69) is 28.6 Å². The number of aryl methyl sites for hydroxylation is 2. The summed E-state index contributed by atoms with van der Waals surface area (Å²) >= 11 is 1.81. The molecule has 4 heteroatoms.